The molecule has 284 valence electrons. The molecule has 1 fully saturated rings. The van der Waals surface area contributed by atoms with E-state index in [1.807, 2.05) is 60.6 Å². The van der Waals surface area contributed by atoms with Crippen LogP contribution in [0.2, 0.25) is 0 Å². The van der Waals surface area contributed by atoms with Crippen molar-refractivity contribution < 1.29 is 38.6 Å². The summed E-state index contributed by atoms with van der Waals surface area (Å²) in [5.74, 6) is -0.353. The van der Waals surface area contributed by atoms with Gasteiger partial charge in [-0.15, -0.1) is 0 Å². The highest BCUT2D eigenvalue weighted by Gasteiger charge is 2.34. The number of benzene rings is 1. The zero-order chi connectivity index (χ0) is 38.7. The van der Waals surface area contributed by atoms with E-state index in [1.165, 1.54) is 24.2 Å². The number of likely N-dealkylation sites (tertiary alicyclic amines) is 1. The third-order valence-electron chi connectivity index (χ3n) is 8.16. The van der Waals surface area contributed by atoms with Crippen LogP contribution in [0.15, 0.2) is 36.4 Å². The Morgan fingerprint density at radius 3 is 2.24 bits per heavy atom. The molecular weight excluding hydrogens is 640 g/mol. The first kappa shape index (κ1) is 48.1. The van der Waals surface area contributed by atoms with Gasteiger partial charge in [-0.3, -0.25) is 33.7 Å². The molecule has 0 saturated carbocycles. The third kappa shape index (κ3) is 18.6. The van der Waals surface area contributed by atoms with E-state index >= 15 is 0 Å². The Bertz CT molecular complexity index is 1170. The summed E-state index contributed by atoms with van der Waals surface area (Å²) in [6, 6.07) is 6.83. The van der Waals surface area contributed by atoms with E-state index in [2.05, 4.69) is 36.6 Å². The number of aryl methyl sites for hydroxylation is 1. The Morgan fingerprint density at radius 1 is 1.10 bits per heavy atom. The zero-order valence-corrected chi connectivity index (χ0v) is 32.1. The number of carbonyl (C=O) groups excluding carboxylic acids is 5. The van der Waals surface area contributed by atoms with Crippen LogP contribution in [0.3, 0.4) is 0 Å². The maximum absolute atomic E-state index is 12.5. The standard InChI is InChI=1S/C19H33N3O3.C16H23NO3.C2H6.CH2O2/c1-4-5-6-7-8-10-15(2)16(3)21-19(25)17-11-9-12-22(17)18(24)13-20-14-23;1-12-8-6-7-9-13(12)15(19)17(11-18)10-14(20-5)16(2,3)4;1-2;2-1-3/h8,10,14-17H,4-7,9,11-13H2,1-3H3,(H,20,23)(H,21,25);6-9,11,14H,10H2,1-5H3;1-2H3;1H,(H,2,3)/b10-8-;;;/t15?,16?,17-;;;/m0.../s1. The highest BCUT2D eigenvalue weighted by Crippen LogP contribution is 2.23. The molecule has 1 aliphatic rings. The molecule has 12 nitrogen and oxygen atoms in total. The molecule has 1 heterocycles. The van der Waals surface area contributed by atoms with Crippen molar-refractivity contribution >= 4 is 37.0 Å². The number of allylic oxidation sites excluding steroid dienone is 1. The van der Waals surface area contributed by atoms with Crippen molar-refractivity contribution in [3.05, 3.63) is 47.5 Å². The smallest absolute Gasteiger partial charge is 0.290 e. The van der Waals surface area contributed by atoms with Gasteiger partial charge in [-0.1, -0.05) is 91.7 Å². The molecular formula is C38H64N4O8. The minimum absolute atomic E-state index is 0.0144. The van der Waals surface area contributed by atoms with Crippen molar-refractivity contribution in [2.24, 2.45) is 11.3 Å². The SMILES string of the molecule is CC.CCCCC/C=C\C(C)C(C)NC(=O)[C@@H]1CCCN1C(=O)CNC=O.COC(CN(C=O)C(=O)c1ccccc1C)C(C)(C)C.O=CO. The normalized spacial score (nSPS) is 15.3. The Kier molecular flexibility index (Phi) is 26.6. The lowest BCUT2D eigenvalue weighted by Crippen LogP contribution is -2.50. The first-order valence-electron chi connectivity index (χ1n) is 17.6. The van der Waals surface area contributed by atoms with E-state index in [4.69, 9.17) is 14.6 Å². The summed E-state index contributed by atoms with van der Waals surface area (Å²) in [5.41, 5.74) is 1.25. The third-order valence-corrected chi connectivity index (χ3v) is 8.16. The molecule has 12 heteroatoms. The quantitative estimate of drug-likeness (QED) is 0.117. The fraction of sp³-hybridized carbons (Fsp3) is 0.632. The average Bonchev–Trinajstić information content (AvgIpc) is 3.59. The Balaban J connectivity index is 0. The lowest BCUT2D eigenvalue weighted by Gasteiger charge is -2.32. The predicted molar refractivity (Wildman–Crippen MR) is 197 cm³/mol. The van der Waals surface area contributed by atoms with Gasteiger partial charge in [0, 0.05) is 25.3 Å². The van der Waals surface area contributed by atoms with Gasteiger partial charge in [-0.2, -0.15) is 0 Å². The van der Waals surface area contributed by atoms with Crippen molar-refractivity contribution in [2.75, 3.05) is 26.7 Å². The highest BCUT2D eigenvalue weighted by atomic mass is 16.5. The van der Waals surface area contributed by atoms with Crippen LogP contribution < -0.4 is 10.6 Å². The van der Waals surface area contributed by atoms with Crippen LogP contribution in [-0.2, 0) is 28.7 Å². The number of nitrogens with zero attached hydrogens (tertiary/aromatic N) is 2. The minimum Gasteiger partial charge on any atom is -0.483 e. The van der Waals surface area contributed by atoms with Gasteiger partial charge in [0.05, 0.1) is 19.2 Å². The topological polar surface area (TPSA) is 162 Å². The lowest BCUT2D eigenvalue weighted by molar-refractivity contribution is -0.138. The van der Waals surface area contributed by atoms with Crippen molar-refractivity contribution in [1.82, 2.24) is 20.4 Å². The molecule has 3 N–H and O–H groups in total. The second-order valence-corrected chi connectivity index (χ2v) is 12.9. The number of unbranched alkanes of at least 4 members (excludes halogenated alkanes) is 3. The molecule has 0 bridgehead atoms. The number of ether oxygens (including phenoxy) is 1. The molecule has 50 heavy (non-hydrogen) atoms. The number of carbonyl (C=O) groups is 6. The van der Waals surface area contributed by atoms with E-state index in [0.717, 1.165) is 18.4 Å². The van der Waals surface area contributed by atoms with Crippen molar-refractivity contribution in [3.63, 3.8) is 0 Å². The number of imide groups is 1. The monoisotopic (exact) mass is 704 g/mol. The van der Waals surface area contributed by atoms with E-state index in [0.29, 0.717) is 31.3 Å². The minimum atomic E-state index is -0.427. The molecule has 1 aromatic carbocycles. The molecule has 3 unspecified atom stereocenters. The lowest BCUT2D eigenvalue weighted by atomic mass is 9.88. The number of hydrogen-bond donors (Lipinski definition) is 3. The van der Waals surface area contributed by atoms with Gasteiger partial charge < -0.3 is 25.4 Å². The van der Waals surface area contributed by atoms with E-state index in [1.54, 1.807) is 24.1 Å². The van der Waals surface area contributed by atoms with Crippen LogP contribution in [0, 0.1) is 18.3 Å². The molecule has 1 saturated heterocycles. The Hall–Kier alpha value is -4.06. The van der Waals surface area contributed by atoms with Crippen LogP contribution in [0.25, 0.3) is 0 Å². The molecule has 0 aromatic heterocycles. The van der Waals surface area contributed by atoms with Gasteiger partial charge in [0.2, 0.25) is 24.6 Å². The number of amides is 5. The fourth-order valence-corrected chi connectivity index (χ4v) is 5.03. The van der Waals surface area contributed by atoms with Crippen LogP contribution in [-0.4, -0.2) is 96.9 Å². The van der Waals surface area contributed by atoms with Gasteiger partial charge in [0.25, 0.3) is 12.4 Å². The van der Waals surface area contributed by atoms with Crippen molar-refractivity contribution in [1.29, 1.82) is 0 Å². The summed E-state index contributed by atoms with van der Waals surface area (Å²) < 4.78 is 5.41. The molecule has 2 rings (SSSR count). The van der Waals surface area contributed by atoms with Gasteiger partial charge in [0.1, 0.15) is 6.04 Å². The maximum atomic E-state index is 12.5. The maximum Gasteiger partial charge on any atom is 0.290 e. The first-order chi connectivity index (χ1) is 23.7. The van der Waals surface area contributed by atoms with E-state index in [-0.39, 0.29) is 60.8 Å². The molecule has 0 radical (unpaired) electrons. The van der Waals surface area contributed by atoms with Crippen molar-refractivity contribution in [2.45, 2.75) is 119 Å². The number of hydrogen-bond acceptors (Lipinski definition) is 7. The van der Waals surface area contributed by atoms with Crippen LogP contribution >= 0.6 is 0 Å². The van der Waals surface area contributed by atoms with Gasteiger partial charge in [0.15, 0.2) is 0 Å². The summed E-state index contributed by atoms with van der Waals surface area (Å²) in [4.78, 5) is 69.8. The zero-order valence-electron chi connectivity index (χ0n) is 32.1. The molecule has 1 aliphatic heterocycles. The van der Waals surface area contributed by atoms with E-state index in [9.17, 15) is 24.0 Å². The predicted octanol–water partition coefficient (Wildman–Crippen LogP) is 5.38. The second-order valence-electron chi connectivity index (χ2n) is 12.9. The molecule has 1 aromatic rings. The summed E-state index contributed by atoms with van der Waals surface area (Å²) in [7, 11) is 1.59. The fourth-order valence-electron chi connectivity index (χ4n) is 5.03. The van der Waals surface area contributed by atoms with Crippen molar-refractivity contribution in [3.8, 4) is 0 Å². The summed E-state index contributed by atoms with van der Waals surface area (Å²) in [6.45, 7) is 18.7. The molecule has 0 aliphatic carbocycles. The Morgan fingerprint density at radius 2 is 1.72 bits per heavy atom. The van der Waals surface area contributed by atoms with Crippen LogP contribution in [0.1, 0.15) is 110 Å². The summed E-state index contributed by atoms with van der Waals surface area (Å²) >= 11 is 0. The summed E-state index contributed by atoms with van der Waals surface area (Å²) in [5, 5.41) is 12.3. The summed E-state index contributed by atoms with van der Waals surface area (Å²) in [6.07, 6.45) is 11.4. The number of rotatable bonds is 16. The molecule has 5 amide bonds. The van der Waals surface area contributed by atoms with E-state index < -0.39 is 6.04 Å². The molecule has 0 spiro atoms. The molecule has 4 atom stereocenters. The van der Waals surface area contributed by atoms with Crippen LogP contribution in [0.4, 0.5) is 0 Å². The first-order valence-corrected chi connectivity index (χ1v) is 17.6. The van der Waals surface area contributed by atoms with Gasteiger partial charge >= 0.3 is 0 Å². The van der Waals surface area contributed by atoms with Crippen LogP contribution in [0.5, 0.6) is 0 Å². The average molecular weight is 705 g/mol. The second kappa shape index (κ2) is 27.7. The number of methoxy groups -OCH3 is 1. The Labute approximate surface area is 300 Å². The number of carboxylic acid groups (broad SMARTS) is 1. The largest absolute Gasteiger partial charge is 0.483 e. The van der Waals surface area contributed by atoms with Gasteiger partial charge in [-0.05, 0) is 62.5 Å². The number of nitrogens with one attached hydrogen (secondary N) is 2. The van der Waals surface area contributed by atoms with Gasteiger partial charge in [-0.25, -0.2) is 0 Å². The highest BCUT2D eigenvalue weighted by molar-refractivity contribution is 6.01.